The summed E-state index contributed by atoms with van der Waals surface area (Å²) in [5.74, 6) is -4.64. The SMILES string of the molecule is C=CC(=O)OC(C)COC(=O)CCC(=O)OCCOC(=O)Oc1ccc(OC(=O)OCCOC(=O)CCC(=O)OCC(C)OC(=O)C=C)c2c1SC(=C(C#N)C#N)S2. The van der Waals surface area contributed by atoms with Crippen molar-refractivity contribution >= 4 is 71.7 Å². The van der Waals surface area contributed by atoms with E-state index in [1.807, 2.05) is 0 Å². The standard InChI is InChI=1S/C36H36N2O18S2/c1-5-26(39)53-21(3)19-51-30(43)11-9-28(41)47-13-15-49-35(45)55-24-7-8-25(33-32(24)57-34(58-33)23(17-37)18-38)56-36(46)50-16-14-48-29(42)10-12-31(44)52-20-22(4)54-27(40)6-2/h5-8,21-22H,1-2,9-16,19-20H2,3-4H3. The van der Waals surface area contributed by atoms with Crippen LogP contribution in [0.25, 0.3) is 0 Å². The van der Waals surface area contributed by atoms with Crippen LogP contribution in [0.3, 0.4) is 0 Å². The number of nitriles is 2. The Morgan fingerprint density at radius 2 is 0.948 bits per heavy atom. The minimum absolute atomic E-state index is 0.103. The largest absolute Gasteiger partial charge is 0.514 e. The van der Waals surface area contributed by atoms with Gasteiger partial charge in [0.2, 0.25) is 0 Å². The fraction of sp³-hybridized carbons (Fsp3) is 0.389. The molecule has 0 aliphatic carbocycles. The zero-order valence-corrected chi connectivity index (χ0v) is 32.6. The molecule has 2 atom stereocenters. The summed E-state index contributed by atoms with van der Waals surface area (Å²) >= 11 is 1.75. The van der Waals surface area contributed by atoms with Crippen LogP contribution < -0.4 is 9.47 Å². The molecule has 2 unspecified atom stereocenters. The predicted molar refractivity (Wildman–Crippen MR) is 194 cm³/mol. The third-order valence-electron chi connectivity index (χ3n) is 6.37. The van der Waals surface area contributed by atoms with Crippen molar-refractivity contribution < 1.29 is 85.7 Å². The van der Waals surface area contributed by atoms with Crippen LogP contribution in [0, 0.1) is 22.7 Å². The van der Waals surface area contributed by atoms with E-state index in [1.165, 1.54) is 26.0 Å². The number of allylic oxidation sites excluding steroid dienone is 1. The van der Waals surface area contributed by atoms with Crippen molar-refractivity contribution in [1.29, 1.82) is 10.5 Å². The van der Waals surface area contributed by atoms with E-state index in [9.17, 15) is 48.9 Å². The van der Waals surface area contributed by atoms with Crippen LogP contribution in [0.1, 0.15) is 39.5 Å². The summed E-state index contributed by atoms with van der Waals surface area (Å²) in [5.41, 5.74) is -0.273. The first kappa shape index (κ1) is 47.6. The van der Waals surface area contributed by atoms with E-state index >= 15 is 0 Å². The number of fused-ring (bicyclic) bond motifs is 1. The normalized spacial score (nSPS) is 12.0. The zero-order chi connectivity index (χ0) is 43.0. The van der Waals surface area contributed by atoms with E-state index in [0.29, 0.717) is 0 Å². The third-order valence-corrected chi connectivity index (χ3v) is 9.00. The lowest BCUT2D eigenvalue weighted by atomic mass is 10.3. The highest BCUT2D eigenvalue weighted by Crippen LogP contribution is 2.58. The second-order valence-electron chi connectivity index (χ2n) is 10.9. The molecular formula is C36H36N2O18S2. The molecule has 1 heterocycles. The fourth-order valence-electron chi connectivity index (χ4n) is 3.78. The fourth-order valence-corrected chi connectivity index (χ4v) is 6.26. The number of carbonyl (C=O) groups is 8. The molecule has 2 rings (SSSR count). The first-order valence-corrected chi connectivity index (χ1v) is 18.4. The molecule has 1 aliphatic rings. The van der Waals surface area contributed by atoms with Crippen molar-refractivity contribution in [3.8, 4) is 23.6 Å². The van der Waals surface area contributed by atoms with E-state index in [2.05, 4.69) is 13.2 Å². The Morgan fingerprint density at radius 1 is 0.603 bits per heavy atom. The summed E-state index contributed by atoms with van der Waals surface area (Å²) in [5, 5.41) is 18.7. The van der Waals surface area contributed by atoms with Crippen molar-refractivity contribution in [3.05, 3.63) is 47.3 Å². The Bertz CT molecular complexity index is 1740. The first-order valence-electron chi connectivity index (χ1n) is 16.7. The van der Waals surface area contributed by atoms with Gasteiger partial charge in [0, 0.05) is 12.2 Å². The maximum Gasteiger partial charge on any atom is 0.514 e. The summed E-state index contributed by atoms with van der Waals surface area (Å²) in [4.78, 5) is 95.1. The molecule has 0 saturated heterocycles. The number of thioether (sulfide) groups is 2. The Labute approximate surface area is 339 Å². The summed E-state index contributed by atoms with van der Waals surface area (Å²) in [6, 6.07) is 5.96. The molecule has 20 nitrogen and oxygen atoms in total. The topological polar surface area (TPSA) is 276 Å². The highest BCUT2D eigenvalue weighted by molar-refractivity contribution is 8.24. The molecule has 0 bridgehead atoms. The molecule has 0 saturated carbocycles. The van der Waals surface area contributed by atoms with Gasteiger partial charge in [-0.05, 0) is 26.0 Å². The van der Waals surface area contributed by atoms with Crippen LogP contribution in [-0.2, 0) is 66.7 Å². The molecule has 0 amide bonds. The molecule has 0 aromatic heterocycles. The molecule has 0 radical (unpaired) electrons. The number of rotatable bonds is 22. The highest BCUT2D eigenvalue weighted by Gasteiger charge is 2.31. The maximum atomic E-state index is 12.4. The van der Waals surface area contributed by atoms with Gasteiger partial charge in [0.25, 0.3) is 0 Å². The van der Waals surface area contributed by atoms with Crippen molar-refractivity contribution in [2.75, 3.05) is 39.6 Å². The Hall–Kier alpha value is -6.52. The summed E-state index contributed by atoms with van der Waals surface area (Å²) in [6.07, 6.45) is -3.32. The van der Waals surface area contributed by atoms with Gasteiger partial charge >= 0.3 is 48.1 Å². The van der Waals surface area contributed by atoms with Crippen molar-refractivity contribution in [1.82, 2.24) is 0 Å². The van der Waals surface area contributed by atoms with Crippen molar-refractivity contribution in [2.45, 2.75) is 61.5 Å². The Kier molecular flexibility index (Phi) is 21.0. The third kappa shape index (κ3) is 18.0. The van der Waals surface area contributed by atoms with Gasteiger partial charge in [0.1, 0.15) is 81.1 Å². The highest BCUT2D eigenvalue weighted by atomic mass is 32.2. The van der Waals surface area contributed by atoms with E-state index in [0.717, 1.165) is 35.7 Å². The van der Waals surface area contributed by atoms with Crippen LogP contribution in [0.5, 0.6) is 11.5 Å². The second-order valence-corrected chi connectivity index (χ2v) is 13.2. The van der Waals surface area contributed by atoms with Crippen LogP contribution in [0.15, 0.2) is 57.0 Å². The molecule has 0 spiro atoms. The number of nitrogens with zero attached hydrogens (tertiary/aromatic N) is 2. The zero-order valence-electron chi connectivity index (χ0n) is 31.0. The Morgan fingerprint density at radius 3 is 1.29 bits per heavy atom. The number of ether oxygens (including phenoxy) is 10. The molecule has 1 aliphatic heterocycles. The van der Waals surface area contributed by atoms with Gasteiger partial charge < -0.3 is 47.4 Å². The molecule has 58 heavy (non-hydrogen) atoms. The molecule has 0 fully saturated rings. The predicted octanol–water partition coefficient (Wildman–Crippen LogP) is 4.14. The van der Waals surface area contributed by atoms with Gasteiger partial charge in [-0.15, -0.1) is 0 Å². The van der Waals surface area contributed by atoms with E-state index in [1.54, 1.807) is 12.1 Å². The molecule has 22 heteroatoms. The minimum Gasteiger partial charge on any atom is -0.462 e. The van der Waals surface area contributed by atoms with Crippen LogP contribution >= 0.6 is 23.5 Å². The maximum absolute atomic E-state index is 12.4. The summed E-state index contributed by atoms with van der Waals surface area (Å²) in [7, 11) is 0. The van der Waals surface area contributed by atoms with Gasteiger partial charge in [-0.1, -0.05) is 36.7 Å². The lowest BCUT2D eigenvalue weighted by Gasteiger charge is -2.12. The van der Waals surface area contributed by atoms with Crippen LogP contribution in [0.2, 0.25) is 0 Å². The van der Waals surface area contributed by atoms with E-state index < -0.39 is 73.5 Å². The summed E-state index contributed by atoms with van der Waals surface area (Å²) in [6.45, 7) is 7.39. The van der Waals surface area contributed by atoms with Crippen molar-refractivity contribution in [2.24, 2.45) is 0 Å². The molecule has 0 N–H and O–H groups in total. The van der Waals surface area contributed by atoms with Gasteiger partial charge in [0.05, 0.1) is 39.7 Å². The van der Waals surface area contributed by atoms with E-state index in [4.69, 9.17) is 47.4 Å². The second kappa shape index (κ2) is 25.6. The lowest BCUT2D eigenvalue weighted by molar-refractivity contribution is -0.156. The Balaban J connectivity index is 1.83. The van der Waals surface area contributed by atoms with Crippen LogP contribution in [0.4, 0.5) is 9.59 Å². The number of benzene rings is 1. The lowest BCUT2D eigenvalue weighted by Crippen LogP contribution is -2.22. The van der Waals surface area contributed by atoms with Crippen molar-refractivity contribution in [3.63, 3.8) is 0 Å². The van der Waals surface area contributed by atoms with Gasteiger partial charge in [0.15, 0.2) is 0 Å². The number of carbonyl (C=O) groups excluding carboxylic acids is 8. The first-order chi connectivity index (χ1) is 27.7. The number of hydrogen-bond donors (Lipinski definition) is 0. The van der Waals surface area contributed by atoms with Crippen LogP contribution in [-0.4, -0.2) is 100.0 Å². The quantitative estimate of drug-likeness (QED) is 0.0396. The number of hydrogen-bond acceptors (Lipinski definition) is 22. The molecule has 310 valence electrons. The monoisotopic (exact) mass is 848 g/mol. The van der Waals surface area contributed by atoms with Gasteiger partial charge in [-0.3, -0.25) is 19.2 Å². The number of esters is 6. The average molecular weight is 849 g/mol. The molecule has 1 aromatic carbocycles. The summed E-state index contributed by atoms with van der Waals surface area (Å²) < 4.78 is 50.0. The smallest absolute Gasteiger partial charge is 0.462 e. The minimum atomic E-state index is -1.22. The van der Waals surface area contributed by atoms with Gasteiger partial charge in [-0.25, -0.2) is 19.2 Å². The molecular weight excluding hydrogens is 813 g/mol. The average Bonchev–Trinajstić information content (AvgIpc) is 3.65. The molecule has 1 aromatic rings. The van der Waals surface area contributed by atoms with Gasteiger partial charge in [-0.2, -0.15) is 10.5 Å². The van der Waals surface area contributed by atoms with E-state index in [-0.39, 0.29) is 83.2 Å².